The predicted molar refractivity (Wildman–Crippen MR) is 98.8 cm³/mol. The van der Waals surface area contributed by atoms with Crippen molar-refractivity contribution in [3.05, 3.63) is 47.9 Å². The van der Waals surface area contributed by atoms with Crippen molar-refractivity contribution in [1.82, 2.24) is 14.9 Å². The maximum Gasteiger partial charge on any atom is 0.232 e. The molecular weight excluding hydrogens is 352 g/mol. The van der Waals surface area contributed by atoms with Gasteiger partial charge in [-0.2, -0.15) is 0 Å². The van der Waals surface area contributed by atoms with Gasteiger partial charge in [0, 0.05) is 43.0 Å². The largest absolute Gasteiger partial charge is 0.481 e. The third-order valence-corrected chi connectivity index (χ3v) is 6.40. The lowest BCUT2D eigenvalue weighted by Crippen LogP contribution is -2.38. The lowest BCUT2D eigenvalue weighted by atomic mass is 9.85. The lowest BCUT2D eigenvalue weighted by molar-refractivity contribution is 0.297. The molecule has 0 N–H and O–H groups in total. The summed E-state index contributed by atoms with van der Waals surface area (Å²) in [5.74, 6) is 0.635. The highest BCUT2D eigenvalue weighted by Crippen LogP contribution is 2.46. The van der Waals surface area contributed by atoms with E-state index in [1.165, 1.54) is 10.6 Å². The molecule has 8 heteroatoms. The van der Waals surface area contributed by atoms with E-state index in [1.807, 2.05) is 18.2 Å². The molecule has 1 atom stereocenters. The highest BCUT2D eigenvalue weighted by molar-refractivity contribution is 7.92. The third kappa shape index (κ3) is 2.83. The maximum absolute atomic E-state index is 12.3. The van der Waals surface area contributed by atoms with Gasteiger partial charge in [-0.25, -0.2) is 13.4 Å². The standard InChI is InChI=1S/C18H22N4O3S/c1-25-17-14(5-3-9-20-17)11-21-10-7-18(12-21)13-22(26(2,23)24)15-6-4-8-19-16(15)18/h3-6,8-9H,7,10-13H2,1-2H3. The van der Waals surface area contributed by atoms with Crippen LogP contribution in [0.1, 0.15) is 17.7 Å². The average Bonchev–Trinajstić information content (AvgIpc) is 3.18. The molecule has 0 radical (unpaired) electrons. The van der Waals surface area contributed by atoms with Gasteiger partial charge in [0.2, 0.25) is 15.9 Å². The summed E-state index contributed by atoms with van der Waals surface area (Å²) in [5.41, 5.74) is 2.39. The molecule has 1 saturated heterocycles. The van der Waals surface area contributed by atoms with E-state index in [0.29, 0.717) is 12.4 Å². The van der Waals surface area contributed by atoms with E-state index in [0.717, 1.165) is 43.0 Å². The van der Waals surface area contributed by atoms with Gasteiger partial charge in [0.05, 0.1) is 24.7 Å². The molecule has 0 amide bonds. The molecule has 138 valence electrons. The van der Waals surface area contributed by atoms with E-state index >= 15 is 0 Å². The van der Waals surface area contributed by atoms with Crippen LogP contribution in [0.2, 0.25) is 0 Å². The number of rotatable bonds is 4. The minimum atomic E-state index is -3.32. The number of anilines is 1. The molecule has 7 nitrogen and oxygen atoms in total. The second kappa shape index (κ2) is 6.21. The molecule has 0 aromatic carbocycles. The molecule has 4 heterocycles. The third-order valence-electron chi connectivity index (χ3n) is 5.27. The van der Waals surface area contributed by atoms with Crippen LogP contribution in [-0.2, 0) is 22.0 Å². The molecule has 0 bridgehead atoms. The van der Waals surface area contributed by atoms with Crippen molar-refractivity contribution in [2.45, 2.75) is 18.4 Å². The van der Waals surface area contributed by atoms with Gasteiger partial charge in [-0.1, -0.05) is 6.07 Å². The van der Waals surface area contributed by atoms with Gasteiger partial charge in [-0.3, -0.25) is 14.2 Å². The summed E-state index contributed by atoms with van der Waals surface area (Å²) in [7, 11) is -1.70. The minimum absolute atomic E-state index is 0.255. The summed E-state index contributed by atoms with van der Waals surface area (Å²) in [6.45, 7) is 2.82. The summed E-state index contributed by atoms with van der Waals surface area (Å²) in [6, 6.07) is 7.57. The Morgan fingerprint density at radius 2 is 1.96 bits per heavy atom. The Morgan fingerprint density at radius 1 is 1.19 bits per heavy atom. The molecule has 0 saturated carbocycles. The monoisotopic (exact) mass is 374 g/mol. The fraction of sp³-hybridized carbons (Fsp3) is 0.444. The van der Waals surface area contributed by atoms with E-state index in [2.05, 4.69) is 14.9 Å². The molecule has 26 heavy (non-hydrogen) atoms. The summed E-state index contributed by atoms with van der Waals surface area (Å²) < 4.78 is 31.4. The summed E-state index contributed by atoms with van der Waals surface area (Å²) >= 11 is 0. The summed E-state index contributed by atoms with van der Waals surface area (Å²) in [5, 5.41) is 0. The SMILES string of the molecule is COc1ncccc1CN1CCC2(C1)CN(S(C)(=O)=O)c1cccnc12. The van der Waals surface area contributed by atoms with Crippen molar-refractivity contribution < 1.29 is 13.2 Å². The van der Waals surface area contributed by atoms with Gasteiger partial charge < -0.3 is 4.74 Å². The zero-order valence-corrected chi connectivity index (χ0v) is 15.7. The van der Waals surface area contributed by atoms with Crippen LogP contribution in [0.3, 0.4) is 0 Å². The second-order valence-electron chi connectivity index (χ2n) is 7.05. The highest BCUT2D eigenvalue weighted by atomic mass is 32.2. The van der Waals surface area contributed by atoms with Crippen LogP contribution in [0.5, 0.6) is 5.88 Å². The Labute approximate surface area is 153 Å². The van der Waals surface area contributed by atoms with Crippen molar-refractivity contribution in [2.24, 2.45) is 0 Å². The number of sulfonamides is 1. The molecule has 2 aromatic heterocycles. The Hall–Kier alpha value is -2.19. The van der Waals surface area contributed by atoms with Crippen LogP contribution in [0.25, 0.3) is 0 Å². The Kier molecular flexibility index (Phi) is 4.11. The number of nitrogens with zero attached hydrogens (tertiary/aromatic N) is 4. The van der Waals surface area contributed by atoms with Crippen molar-refractivity contribution in [2.75, 3.05) is 37.3 Å². The molecule has 2 aromatic rings. The van der Waals surface area contributed by atoms with Crippen LogP contribution in [-0.4, -0.2) is 56.3 Å². The molecule has 2 aliphatic heterocycles. The number of hydrogen-bond donors (Lipinski definition) is 0. The molecule has 4 rings (SSSR count). The highest BCUT2D eigenvalue weighted by Gasteiger charge is 2.50. The Morgan fingerprint density at radius 3 is 2.73 bits per heavy atom. The van der Waals surface area contributed by atoms with Crippen molar-refractivity contribution in [3.8, 4) is 5.88 Å². The zero-order chi connectivity index (χ0) is 18.4. The molecule has 1 unspecified atom stereocenters. The summed E-state index contributed by atoms with van der Waals surface area (Å²) in [4.78, 5) is 11.1. The first-order valence-electron chi connectivity index (χ1n) is 8.56. The van der Waals surface area contributed by atoms with E-state index in [9.17, 15) is 8.42 Å². The van der Waals surface area contributed by atoms with Crippen molar-refractivity contribution in [1.29, 1.82) is 0 Å². The maximum atomic E-state index is 12.3. The number of pyridine rings is 2. The quantitative estimate of drug-likeness (QED) is 0.805. The van der Waals surface area contributed by atoms with Crippen LogP contribution < -0.4 is 9.04 Å². The van der Waals surface area contributed by atoms with E-state index < -0.39 is 10.0 Å². The fourth-order valence-corrected chi connectivity index (χ4v) is 5.11. The normalized spacial score (nSPS) is 22.8. The average molecular weight is 374 g/mol. The number of methoxy groups -OCH3 is 1. The first-order valence-corrected chi connectivity index (χ1v) is 10.4. The van der Waals surface area contributed by atoms with Crippen molar-refractivity contribution >= 4 is 15.7 Å². The number of hydrogen-bond acceptors (Lipinski definition) is 6. The summed E-state index contributed by atoms with van der Waals surface area (Å²) in [6.07, 6.45) is 5.61. The molecule has 2 aliphatic rings. The van der Waals surface area contributed by atoms with Gasteiger partial charge in [-0.15, -0.1) is 0 Å². The topological polar surface area (TPSA) is 75.6 Å². The van der Waals surface area contributed by atoms with Crippen LogP contribution in [0.4, 0.5) is 5.69 Å². The van der Waals surface area contributed by atoms with Gasteiger partial charge in [0.15, 0.2) is 0 Å². The number of aromatic nitrogens is 2. The van der Waals surface area contributed by atoms with E-state index in [4.69, 9.17) is 4.74 Å². The number of likely N-dealkylation sites (tertiary alicyclic amines) is 1. The van der Waals surface area contributed by atoms with Gasteiger partial charge in [0.25, 0.3) is 0 Å². The second-order valence-corrected chi connectivity index (χ2v) is 8.96. The number of fused-ring (bicyclic) bond motifs is 2. The van der Waals surface area contributed by atoms with Gasteiger partial charge in [0.1, 0.15) is 0 Å². The minimum Gasteiger partial charge on any atom is -0.481 e. The van der Waals surface area contributed by atoms with Gasteiger partial charge in [-0.05, 0) is 31.2 Å². The molecular formula is C18H22N4O3S. The lowest BCUT2D eigenvalue weighted by Gasteiger charge is -2.25. The van der Waals surface area contributed by atoms with Gasteiger partial charge >= 0.3 is 0 Å². The van der Waals surface area contributed by atoms with E-state index in [-0.39, 0.29) is 5.41 Å². The smallest absolute Gasteiger partial charge is 0.232 e. The zero-order valence-electron chi connectivity index (χ0n) is 14.9. The number of ether oxygens (including phenoxy) is 1. The molecule has 1 spiro atoms. The van der Waals surface area contributed by atoms with E-state index in [1.54, 1.807) is 25.6 Å². The molecule has 0 aliphatic carbocycles. The Balaban J connectivity index is 1.62. The first-order chi connectivity index (χ1) is 12.4. The molecule has 1 fully saturated rings. The first kappa shape index (κ1) is 17.2. The Bertz CT molecular complexity index is 934. The fourth-order valence-electron chi connectivity index (χ4n) is 4.12. The van der Waals surface area contributed by atoms with Crippen LogP contribution in [0.15, 0.2) is 36.7 Å². The van der Waals surface area contributed by atoms with Crippen LogP contribution >= 0.6 is 0 Å². The van der Waals surface area contributed by atoms with Crippen molar-refractivity contribution in [3.63, 3.8) is 0 Å². The van der Waals surface area contributed by atoms with Crippen LogP contribution in [0, 0.1) is 0 Å². The predicted octanol–water partition coefficient (Wildman–Crippen LogP) is 1.41.